The Morgan fingerprint density at radius 1 is 1.35 bits per heavy atom. The Morgan fingerprint density at radius 3 is 2.91 bits per heavy atom. The number of carbonyl (C=O) groups excluding carboxylic acids is 2. The number of hydrogen-bond donors (Lipinski definition) is 4. The lowest BCUT2D eigenvalue weighted by atomic mass is 9.95. The van der Waals surface area contributed by atoms with Crippen molar-refractivity contribution in [2.24, 2.45) is 0 Å². The van der Waals surface area contributed by atoms with Crippen LogP contribution in [-0.4, -0.2) is 34.7 Å². The van der Waals surface area contributed by atoms with Gasteiger partial charge in [-0.25, -0.2) is 4.79 Å². The Bertz CT molecular complexity index is 661. The third-order valence-corrected chi connectivity index (χ3v) is 4.52. The number of aromatic nitrogens is 2. The van der Waals surface area contributed by atoms with Crippen LogP contribution in [0, 0.1) is 0 Å². The minimum absolute atomic E-state index is 0.146. The first-order valence-corrected chi connectivity index (χ1v) is 8.17. The first-order chi connectivity index (χ1) is 11.1. The lowest BCUT2D eigenvalue weighted by molar-refractivity contribution is -0.117. The molecule has 0 radical (unpaired) electrons. The van der Waals surface area contributed by atoms with Gasteiger partial charge in [0.15, 0.2) is 0 Å². The molecule has 2 heterocycles. The van der Waals surface area contributed by atoms with Gasteiger partial charge >= 0.3 is 6.03 Å². The largest absolute Gasteiger partial charge is 0.352 e. The highest BCUT2D eigenvalue weighted by Crippen LogP contribution is 2.22. The van der Waals surface area contributed by atoms with E-state index in [4.69, 9.17) is 0 Å². The minimum atomic E-state index is -0.290. The van der Waals surface area contributed by atoms with E-state index in [9.17, 15) is 9.59 Å². The Balaban J connectivity index is 1.58. The molecule has 1 aliphatic carbocycles. The number of nitrogens with one attached hydrogen (secondary N) is 4. The standard InChI is InChI=1S/C16H23N5O2/c1-9-14(10(2)19-16(23)18-9)15(22)17-8-7-13-11-5-3-4-6-12(11)20-21-13/h9H,3-8H2,1-2H3,(H,17,22)(H,20,21)(H2,18,19,23)/t9-/m1/s1. The molecule has 4 N–H and O–H groups in total. The van der Waals surface area contributed by atoms with Crippen molar-refractivity contribution >= 4 is 11.9 Å². The molecule has 1 aliphatic heterocycles. The lowest BCUT2D eigenvalue weighted by Gasteiger charge is -2.25. The Morgan fingerprint density at radius 2 is 2.13 bits per heavy atom. The topological polar surface area (TPSA) is 98.9 Å². The van der Waals surface area contributed by atoms with E-state index in [1.54, 1.807) is 13.8 Å². The van der Waals surface area contributed by atoms with Crippen LogP contribution in [0.2, 0.25) is 0 Å². The highest BCUT2D eigenvalue weighted by molar-refractivity contribution is 5.98. The van der Waals surface area contributed by atoms with Crippen molar-refractivity contribution in [3.63, 3.8) is 0 Å². The van der Waals surface area contributed by atoms with Crippen molar-refractivity contribution in [1.82, 2.24) is 26.1 Å². The van der Waals surface area contributed by atoms with Crippen molar-refractivity contribution in [3.05, 3.63) is 28.2 Å². The Labute approximate surface area is 135 Å². The van der Waals surface area contributed by atoms with E-state index >= 15 is 0 Å². The highest BCUT2D eigenvalue weighted by atomic mass is 16.2. The first-order valence-electron chi connectivity index (χ1n) is 8.17. The third-order valence-electron chi connectivity index (χ3n) is 4.52. The third kappa shape index (κ3) is 3.23. The molecular weight excluding hydrogens is 294 g/mol. The predicted molar refractivity (Wildman–Crippen MR) is 85.8 cm³/mol. The molecule has 0 aromatic carbocycles. The second-order valence-electron chi connectivity index (χ2n) is 6.20. The van der Waals surface area contributed by atoms with E-state index in [0.29, 0.717) is 17.8 Å². The van der Waals surface area contributed by atoms with E-state index in [-0.39, 0.29) is 18.0 Å². The zero-order valence-electron chi connectivity index (χ0n) is 13.6. The fraction of sp³-hybridized carbons (Fsp3) is 0.562. The molecule has 0 unspecified atom stereocenters. The van der Waals surface area contributed by atoms with Crippen LogP contribution < -0.4 is 16.0 Å². The fourth-order valence-electron chi connectivity index (χ4n) is 3.38. The summed E-state index contributed by atoms with van der Waals surface area (Å²) >= 11 is 0. The first kappa shape index (κ1) is 15.6. The van der Waals surface area contributed by atoms with Crippen LogP contribution in [0.5, 0.6) is 0 Å². The number of carbonyl (C=O) groups is 2. The van der Waals surface area contributed by atoms with Crippen molar-refractivity contribution in [1.29, 1.82) is 0 Å². The summed E-state index contributed by atoms with van der Waals surface area (Å²) in [6.07, 6.45) is 5.30. The Kier molecular flexibility index (Phi) is 4.36. The number of rotatable bonds is 4. The molecule has 2 aliphatic rings. The van der Waals surface area contributed by atoms with Gasteiger partial charge in [0.1, 0.15) is 0 Å². The number of fused-ring (bicyclic) bond motifs is 1. The molecule has 23 heavy (non-hydrogen) atoms. The van der Waals surface area contributed by atoms with Gasteiger partial charge in [0, 0.05) is 24.4 Å². The molecule has 3 amide bonds. The van der Waals surface area contributed by atoms with E-state index in [0.717, 1.165) is 25.0 Å². The van der Waals surface area contributed by atoms with Crippen molar-refractivity contribution < 1.29 is 9.59 Å². The maximum Gasteiger partial charge on any atom is 0.319 e. The van der Waals surface area contributed by atoms with Gasteiger partial charge in [-0.2, -0.15) is 5.10 Å². The molecule has 0 saturated carbocycles. The molecule has 124 valence electrons. The smallest absolute Gasteiger partial charge is 0.319 e. The second kappa shape index (κ2) is 6.44. The number of hydrogen-bond acceptors (Lipinski definition) is 3. The van der Waals surface area contributed by atoms with Crippen molar-refractivity contribution in [2.75, 3.05) is 6.54 Å². The van der Waals surface area contributed by atoms with Gasteiger partial charge in [0.05, 0.1) is 17.3 Å². The van der Waals surface area contributed by atoms with Gasteiger partial charge in [-0.3, -0.25) is 9.89 Å². The summed E-state index contributed by atoms with van der Waals surface area (Å²) in [4.78, 5) is 23.7. The van der Waals surface area contributed by atoms with Gasteiger partial charge in [-0.15, -0.1) is 0 Å². The number of aryl methyl sites for hydroxylation is 1. The summed E-state index contributed by atoms with van der Waals surface area (Å²) in [5.41, 5.74) is 4.84. The number of aromatic amines is 1. The van der Waals surface area contributed by atoms with E-state index in [2.05, 4.69) is 26.1 Å². The van der Waals surface area contributed by atoms with Gasteiger partial charge in [0.2, 0.25) is 0 Å². The van der Waals surface area contributed by atoms with Gasteiger partial charge in [-0.05, 0) is 45.1 Å². The molecule has 0 fully saturated rings. The van der Waals surface area contributed by atoms with E-state index in [1.165, 1.54) is 24.1 Å². The van der Waals surface area contributed by atoms with Gasteiger partial charge < -0.3 is 16.0 Å². The summed E-state index contributed by atoms with van der Waals surface area (Å²) in [6.45, 7) is 4.09. The molecular formula is C16H23N5O2. The highest BCUT2D eigenvalue weighted by Gasteiger charge is 2.26. The average molecular weight is 317 g/mol. The van der Waals surface area contributed by atoms with Crippen LogP contribution in [-0.2, 0) is 24.1 Å². The molecule has 3 rings (SSSR count). The number of amides is 3. The molecule has 1 aromatic heterocycles. The maximum atomic E-state index is 12.4. The second-order valence-corrected chi connectivity index (χ2v) is 6.20. The zero-order valence-corrected chi connectivity index (χ0v) is 13.6. The lowest BCUT2D eigenvalue weighted by Crippen LogP contribution is -2.50. The summed E-state index contributed by atoms with van der Waals surface area (Å²) in [5.74, 6) is -0.146. The van der Waals surface area contributed by atoms with Gasteiger partial charge in [0.25, 0.3) is 5.91 Å². The molecule has 0 saturated heterocycles. The van der Waals surface area contributed by atoms with Crippen LogP contribution in [0.3, 0.4) is 0 Å². The van der Waals surface area contributed by atoms with Gasteiger partial charge in [-0.1, -0.05) is 0 Å². The van der Waals surface area contributed by atoms with Crippen molar-refractivity contribution in [3.8, 4) is 0 Å². The molecule has 1 atom stereocenters. The quantitative estimate of drug-likeness (QED) is 0.664. The van der Waals surface area contributed by atoms with E-state index < -0.39 is 0 Å². The number of nitrogens with zero attached hydrogens (tertiary/aromatic N) is 1. The van der Waals surface area contributed by atoms with Crippen LogP contribution in [0.1, 0.15) is 43.6 Å². The summed E-state index contributed by atoms with van der Waals surface area (Å²) in [6, 6.07) is -0.559. The average Bonchev–Trinajstić information content (AvgIpc) is 2.90. The number of H-pyrrole nitrogens is 1. The summed E-state index contributed by atoms with van der Waals surface area (Å²) in [7, 11) is 0. The molecule has 7 heteroatoms. The zero-order chi connectivity index (χ0) is 16.4. The van der Waals surface area contributed by atoms with Crippen molar-refractivity contribution in [2.45, 2.75) is 52.0 Å². The van der Waals surface area contributed by atoms with E-state index in [1.807, 2.05) is 0 Å². The van der Waals surface area contributed by atoms with Crippen LogP contribution >= 0.6 is 0 Å². The summed E-state index contributed by atoms with van der Waals surface area (Å²) in [5, 5.41) is 15.8. The maximum absolute atomic E-state index is 12.4. The SMILES string of the molecule is CC1=C(C(=O)NCCc2n[nH]c3c2CCCC3)[C@@H](C)NC(=O)N1. The normalized spacial score (nSPS) is 20.6. The van der Waals surface area contributed by atoms with Crippen LogP contribution in [0.4, 0.5) is 4.79 Å². The molecule has 0 bridgehead atoms. The predicted octanol–water partition coefficient (Wildman–Crippen LogP) is 0.923. The number of allylic oxidation sites excluding steroid dienone is 1. The molecule has 7 nitrogen and oxygen atoms in total. The summed E-state index contributed by atoms with van der Waals surface area (Å²) < 4.78 is 0. The monoisotopic (exact) mass is 317 g/mol. The Hall–Kier alpha value is -2.31. The molecule has 0 spiro atoms. The molecule has 1 aromatic rings. The number of urea groups is 1. The minimum Gasteiger partial charge on any atom is -0.352 e. The van der Waals surface area contributed by atoms with Crippen LogP contribution in [0.25, 0.3) is 0 Å². The fourth-order valence-corrected chi connectivity index (χ4v) is 3.38. The van der Waals surface area contributed by atoms with Crippen LogP contribution in [0.15, 0.2) is 11.3 Å².